The Labute approximate surface area is 103 Å². The fraction of sp³-hybridized carbons (Fsp3) is 0.250. The Morgan fingerprint density at radius 2 is 2.41 bits per heavy atom. The molecule has 0 saturated carbocycles. The summed E-state index contributed by atoms with van der Waals surface area (Å²) in [5, 5.41) is 16.4. The lowest BCUT2D eigenvalue weighted by molar-refractivity contribution is 0.0330. The van der Waals surface area contributed by atoms with Crippen LogP contribution in [0.15, 0.2) is 39.6 Å². The Morgan fingerprint density at radius 1 is 1.59 bits per heavy atom. The highest BCUT2D eigenvalue weighted by molar-refractivity contribution is 7.08. The fourth-order valence-electron chi connectivity index (χ4n) is 1.42. The first-order chi connectivity index (χ1) is 8.09. The summed E-state index contributed by atoms with van der Waals surface area (Å²) in [6.45, 7) is 1.70. The molecule has 0 aromatic carbocycles. The van der Waals surface area contributed by atoms with Crippen molar-refractivity contribution < 1.29 is 14.3 Å². The molecule has 2 heterocycles. The molecule has 17 heavy (non-hydrogen) atoms. The molecule has 0 spiro atoms. The smallest absolute Gasteiger partial charge is 0.252 e. The minimum Gasteiger partial charge on any atom is -0.466 e. The Kier molecular flexibility index (Phi) is 3.31. The highest BCUT2D eigenvalue weighted by atomic mass is 32.1. The second kappa shape index (κ2) is 4.73. The third-order valence-electron chi connectivity index (χ3n) is 2.43. The van der Waals surface area contributed by atoms with Gasteiger partial charge in [-0.15, -0.1) is 0 Å². The molecule has 0 aliphatic heterocycles. The summed E-state index contributed by atoms with van der Waals surface area (Å²) < 4.78 is 5.12. The van der Waals surface area contributed by atoms with Crippen LogP contribution in [0.4, 0.5) is 0 Å². The first-order valence-electron chi connectivity index (χ1n) is 5.16. The van der Waals surface area contributed by atoms with Crippen LogP contribution in [0.1, 0.15) is 23.0 Å². The van der Waals surface area contributed by atoms with Gasteiger partial charge in [-0.1, -0.05) is 0 Å². The second-order valence-electron chi connectivity index (χ2n) is 3.95. The van der Waals surface area contributed by atoms with E-state index in [1.807, 2.05) is 5.38 Å². The van der Waals surface area contributed by atoms with Crippen LogP contribution in [0.25, 0.3) is 0 Å². The zero-order chi connectivity index (χ0) is 12.3. The summed E-state index contributed by atoms with van der Waals surface area (Å²) in [5.74, 6) is 0.237. The largest absolute Gasteiger partial charge is 0.466 e. The number of rotatable bonds is 4. The van der Waals surface area contributed by atoms with Crippen molar-refractivity contribution in [3.63, 3.8) is 0 Å². The predicted octanol–water partition coefficient (Wildman–Crippen LogP) is 1.98. The average Bonchev–Trinajstić information content (AvgIpc) is 2.97. The summed E-state index contributed by atoms with van der Waals surface area (Å²) in [7, 11) is 0. The number of amides is 1. The van der Waals surface area contributed by atoms with E-state index in [4.69, 9.17) is 4.42 Å². The Balaban J connectivity index is 1.96. The summed E-state index contributed by atoms with van der Waals surface area (Å²) >= 11 is 1.46. The normalized spacial score (nSPS) is 14.2. The highest BCUT2D eigenvalue weighted by Gasteiger charge is 2.26. The van der Waals surface area contributed by atoms with Gasteiger partial charge in [0.15, 0.2) is 0 Å². The standard InChI is InChI=1S/C12H13NO3S/c1-12(15,10-3-2-5-16-10)8-13-11(14)9-4-6-17-7-9/h2-7,15H,8H2,1H3,(H,13,14)/t12-/m1/s1. The van der Waals surface area contributed by atoms with Crippen molar-refractivity contribution in [1.29, 1.82) is 0 Å². The minimum absolute atomic E-state index is 0.106. The van der Waals surface area contributed by atoms with Gasteiger partial charge in [-0.05, 0) is 30.5 Å². The van der Waals surface area contributed by atoms with Crippen LogP contribution in [0.3, 0.4) is 0 Å². The Bertz CT molecular complexity index is 474. The molecule has 5 heteroatoms. The molecule has 2 N–H and O–H groups in total. The number of thiophene rings is 1. The summed E-state index contributed by atoms with van der Waals surface area (Å²) in [4.78, 5) is 11.7. The third kappa shape index (κ3) is 2.75. The second-order valence-corrected chi connectivity index (χ2v) is 4.73. The summed E-state index contributed by atoms with van der Waals surface area (Å²) in [6, 6.07) is 5.11. The maximum atomic E-state index is 11.7. The maximum absolute atomic E-state index is 11.7. The molecule has 1 atom stereocenters. The lowest BCUT2D eigenvalue weighted by Gasteiger charge is -2.20. The van der Waals surface area contributed by atoms with Crippen LogP contribution >= 0.6 is 11.3 Å². The van der Waals surface area contributed by atoms with Gasteiger partial charge in [-0.2, -0.15) is 11.3 Å². The van der Waals surface area contributed by atoms with Gasteiger partial charge in [0, 0.05) is 10.9 Å². The number of carbonyl (C=O) groups excluding carboxylic acids is 1. The molecule has 0 saturated heterocycles. The molecule has 0 aliphatic carbocycles. The van der Waals surface area contributed by atoms with E-state index < -0.39 is 5.60 Å². The van der Waals surface area contributed by atoms with Crippen molar-refractivity contribution in [1.82, 2.24) is 5.32 Å². The van der Waals surface area contributed by atoms with Crippen LogP contribution in [-0.2, 0) is 5.60 Å². The Morgan fingerprint density at radius 3 is 3.00 bits per heavy atom. The van der Waals surface area contributed by atoms with Crippen molar-refractivity contribution in [2.75, 3.05) is 6.54 Å². The van der Waals surface area contributed by atoms with Gasteiger partial charge in [-0.25, -0.2) is 0 Å². The lowest BCUT2D eigenvalue weighted by atomic mass is 10.0. The van der Waals surface area contributed by atoms with Gasteiger partial charge in [0.25, 0.3) is 5.91 Å². The number of hydrogen-bond acceptors (Lipinski definition) is 4. The first-order valence-corrected chi connectivity index (χ1v) is 6.10. The van der Waals surface area contributed by atoms with E-state index in [2.05, 4.69) is 5.32 Å². The van der Waals surface area contributed by atoms with Crippen molar-refractivity contribution in [2.24, 2.45) is 0 Å². The molecule has 0 aliphatic rings. The SMILES string of the molecule is C[C@@](O)(CNC(=O)c1ccsc1)c1ccco1. The first kappa shape index (κ1) is 11.9. The van der Waals surface area contributed by atoms with E-state index in [9.17, 15) is 9.90 Å². The number of carbonyl (C=O) groups is 1. The van der Waals surface area contributed by atoms with E-state index in [0.29, 0.717) is 11.3 Å². The molecule has 4 nitrogen and oxygen atoms in total. The van der Waals surface area contributed by atoms with Crippen LogP contribution in [-0.4, -0.2) is 17.6 Å². The van der Waals surface area contributed by atoms with E-state index in [-0.39, 0.29) is 12.5 Å². The predicted molar refractivity (Wildman–Crippen MR) is 64.9 cm³/mol. The summed E-state index contributed by atoms with van der Waals surface area (Å²) in [5.41, 5.74) is -0.597. The maximum Gasteiger partial charge on any atom is 0.252 e. The van der Waals surface area contributed by atoms with Gasteiger partial charge >= 0.3 is 0 Å². The van der Waals surface area contributed by atoms with Crippen molar-refractivity contribution in [2.45, 2.75) is 12.5 Å². The molecule has 0 fully saturated rings. The highest BCUT2D eigenvalue weighted by Crippen LogP contribution is 2.20. The molecular weight excluding hydrogens is 238 g/mol. The molecule has 2 rings (SSSR count). The van der Waals surface area contributed by atoms with Crippen molar-refractivity contribution in [3.8, 4) is 0 Å². The zero-order valence-electron chi connectivity index (χ0n) is 9.34. The fourth-order valence-corrected chi connectivity index (χ4v) is 2.06. The zero-order valence-corrected chi connectivity index (χ0v) is 10.2. The molecule has 2 aromatic heterocycles. The minimum atomic E-state index is -1.20. The molecule has 1 amide bonds. The average molecular weight is 251 g/mol. The number of nitrogens with one attached hydrogen (secondary N) is 1. The molecule has 90 valence electrons. The topological polar surface area (TPSA) is 62.5 Å². The van der Waals surface area contributed by atoms with Crippen LogP contribution in [0, 0.1) is 0 Å². The molecule has 0 bridgehead atoms. The van der Waals surface area contributed by atoms with Crippen molar-refractivity contribution in [3.05, 3.63) is 46.5 Å². The van der Waals surface area contributed by atoms with Gasteiger partial charge in [0.05, 0.1) is 12.8 Å². The molecular formula is C12H13NO3S. The van der Waals surface area contributed by atoms with Crippen LogP contribution in [0.2, 0.25) is 0 Å². The van der Waals surface area contributed by atoms with Crippen molar-refractivity contribution >= 4 is 17.2 Å². The summed E-state index contributed by atoms with van der Waals surface area (Å²) in [6.07, 6.45) is 1.49. The lowest BCUT2D eigenvalue weighted by Crippen LogP contribution is -2.38. The monoisotopic (exact) mass is 251 g/mol. The number of furan rings is 1. The van der Waals surface area contributed by atoms with E-state index in [0.717, 1.165) is 0 Å². The van der Waals surface area contributed by atoms with Gasteiger partial charge < -0.3 is 14.8 Å². The Hall–Kier alpha value is -1.59. The van der Waals surface area contributed by atoms with E-state index in [1.165, 1.54) is 17.6 Å². The van der Waals surface area contributed by atoms with E-state index in [1.54, 1.807) is 30.5 Å². The molecule has 0 radical (unpaired) electrons. The van der Waals surface area contributed by atoms with Gasteiger partial charge in [0.1, 0.15) is 11.4 Å². The van der Waals surface area contributed by atoms with Crippen LogP contribution in [0.5, 0.6) is 0 Å². The number of hydrogen-bond donors (Lipinski definition) is 2. The van der Waals surface area contributed by atoms with Gasteiger partial charge in [-0.3, -0.25) is 4.79 Å². The van der Waals surface area contributed by atoms with E-state index >= 15 is 0 Å². The molecule has 2 aromatic rings. The van der Waals surface area contributed by atoms with Crippen LogP contribution < -0.4 is 5.32 Å². The quantitative estimate of drug-likeness (QED) is 0.873. The third-order valence-corrected chi connectivity index (χ3v) is 3.11. The number of aliphatic hydroxyl groups is 1. The van der Waals surface area contributed by atoms with Gasteiger partial charge in [0.2, 0.25) is 0 Å². The molecule has 0 unspecified atom stereocenters.